The number of ether oxygens (including phenoxy) is 1. The third-order valence-electron chi connectivity index (χ3n) is 3.34. The maximum Gasteiger partial charge on any atom is 0.343 e. The van der Waals surface area contributed by atoms with Crippen molar-refractivity contribution in [3.63, 3.8) is 0 Å². The van der Waals surface area contributed by atoms with Gasteiger partial charge in [0.15, 0.2) is 0 Å². The summed E-state index contributed by atoms with van der Waals surface area (Å²) in [5, 5.41) is 0. The molecule has 7 heteroatoms. The van der Waals surface area contributed by atoms with E-state index in [0.717, 1.165) is 35.4 Å². The van der Waals surface area contributed by atoms with Crippen LogP contribution in [-0.2, 0) is 9.84 Å². The summed E-state index contributed by atoms with van der Waals surface area (Å²) in [5.41, 5.74) is 2.07. The number of carbonyl (C=O) groups excluding carboxylic acids is 1. The molecule has 0 aliphatic heterocycles. The number of sulfone groups is 1. The van der Waals surface area contributed by atoms with Gasteiger partial charge in [-0.2, -0.15) is 8.78 Å². The van der Waals surface area contributed by atoms with Gasteiger partial charge in [0.1, 0.15) is 5.75 Å². The average molecular weight is 340 g/mol. The monoisotopic (exact) mass is 340 g/mol. The third kappa shape index (κ3) is 3.73. The van der Waals surface area contributed by atoms with Gasteiger partial charge in [0.25, 0.3) is 0 Å². The lowest BCUT2D eigenvalue weighted by Crippen LogP contribution is -2.12. The summed E-state index contributed by atoms with van der Waals surface area (Å²) in [7, 11) is -4.67. The summed E-state index contributed by atoms with van der Waals surface area (Å²) >= 11 is 0. The van der Waals surface area contributed by atoms with Crippen LogP contribution in [0.25, 0.3) is 0 Å². The summed E-state index contributed by atoms with van der Waals surface area (Å²) in [6.07, 6.45) is 0. The number of rotatable bonds is 4. The fraction of sp³-hybridized carbons (Fsp3) is 0.188. The van der Waals surface area contributed by atoms with Crippen molar-refractivity contribution in [3.8, 4) is 5.75 Å². The molecule has 122 valence electrons. The summed E-state index contributed by atoms with van der Waals surface area (Å²) in [4.78, 5) is 11.4. The van der Waals surface area contributed by atoms with Crippen LogP contribution in [0.1, 0.15) is 21.5 Å². The van der Waals surface area contributed by atoms with E-state index in [9.17, 15) is 22.0 Å². The Morgan fingerprint density at radius 2 is 1.61 bits per heavy atom. The summed E-state index contributed by atoms with van der Waals surface area (Å²) in [6, 6.07) is 9.32. The quantitative estimate of drug-likeness (QED) is 0.631. The van der Waals surface area contributed by atoms with E-state index in [0.29, 0.717) is 5.75 Å². The first-order valence-corrected chi connectivity index (χ1v) is 8.18. The molecule has 2 aromatic carbocycles. The molecule has 0 atom stereocenters. The zero-order chi connectivity index (χ0) is 17.2. The first-order valence-electron chi connectivity index (χ1n) is 6.63. The van der Waals surface area contributed by atoms with E-state index < -0.39 is 26.5 Å². The van der Waals surface area contributed by atoms with Crippen molar-refractivity contribution in [1.29, 1.82) is 0 Å². The van der Waals surface area contributed by atoms with Crippen LogP contribution in [0.5, 0.6) is 5.75 Å². The maximum absolute atomic E-state index is 12.4. The molecule has 2 rings (SSSR count). The molecule has 0 fully saturated rings. The van der Waals surface area contributed by atoms with Crippen LogP contribution in [0.3, 0.4) is 0 Å². The predicted molar refractivity (Wildman–Crippen MR) is 80.5 cm³/mol. The minimum absolute atomic E-state index is 0.0662. The number of aryl methyl sites for hydroxylation is 2. The standard InChI is InChI=1S/C16H14F2O4S/c1-10-3-6-13(9-11(10)2)22-15(19)12-4-7-14(8-5-12)23(20,21)16(17)18/h3-9,16H,1-2H3. The molecule has 0 aliphatic carbocycles. The summed E-state index contributed by atoms with van der Waals surface area (Å²) < 4.78 is 52.7. The highest BCUT2D eigenvalue weighted by molar-refractivity contribution is 7.91. The van der Waals surface area contributed by atoms with E-state index >= 15 is 0 Å². The predicted octanol–water partition coefficient (Wildman–Crippen LogP) is 3.52. The minimum Gasteiger partial charge on any atom is -0.423 e. The zero-order valence-corrected chi connectivity index (χ0v) is 13.2. The fourth-order valence-electron chi connectivity index (χ4n) is 1.83. The molecule has 2 aromatic rings. The molecule has 0 heterocycles. The van der Waals surface area contributed by atoms with Crippen molar-refractivity contribution in [2.45, 2.75) is 24.5 Å². The van der Waals surface area contributed by atoms with Crippen LogP contribution in [0, 0.1) is 13.8 Å². The minimum atomic E-state index is -4.67. The van der Waals surface area contributed by atoms with Crippen molar-refractivity contribution >= 4 is 15.8 Å². The van der Waals surface area contributed by atoms with E-state index in [1.165, 1.54) is 0 Å². The lowest BCUT2D eigenvalue weighted by Gasteiger charge is -2.07. The first-order chi connectivity index (χ1) is 10.7. The number of halogens is 2. The molecule has 23 heavy (non-hydrogen) atoms. The van der Waals surface area contributed by atoms with Gasteiger partial charge in [-0.05, 0) is 61.4 Å². The van der Waals surface area contributed by atoms with Crippen LogP contribution in [0.15, 0.2) is 47.4 Å². The molecule has 0 saturated carbocycles. The Balaban J connectivity index is 2.19. The highest BCUT2D eigenvalue weighted by atomic mass is 32.2. The average Bonchev–Trinajstić information content (AvgIpc) is 2.51. The number of carbonyl (C=O) groups is 1. The van der Waals surface area contributed by atoms with E-state index in [1.54, 1.807) is 18.2 Å². The van der Waals surface area contributed by atoms with Gasteiger partial charge in [-0.3, -0.25) is 0 Å². The number of esters is 1. The highest BCUT2D eigenvalue weighted by Gasteiger charge is 2.26. The van der Waals surface area contributed by atoms with Crippen LogP contribution in [0.4, 0.5) is 8.78 Å². The van der Waals surface area contributed by atoms with Crippen LogP contribution >= 0.6 is 0 Å². The van der Waals surface area contributed by atoms with Gasteiger partial charge < -0.3 is 4.74 Å². The third-order valence-corrected chi connectivity index (χ3v) is 4.74. The second-order valence-electron chi connectivity index (χ2n) is 4.97. The van der Waals surface area contributed by atoms with Gasteiger partial charge in [0, 0.05) is 0 Å². The van der Waals surface area contributed by atoms with Crippen molar-refractivity contribution in [2.24, 2.45) is 0 Å². The van der Waals surface area contributed by atoms with E-state index in [-0.39, 0.29) is 5.56 Å². The molecule has 0 aromatic heterocycles. The van der Waals surface area contributed by atoms with Crippen LogP contribution in [0.2, 0.25) is 0 Å². The van der Waals surface area contributed by atoms with Crippen LogP contribution < -0.4 is 4.74 Å². The van der Waals surface area contributed by atoms with Crippen molar-refractivity contribution < 1.29 is 26.7 Å². The molecule has 0 bridgehead atoms. The Hall–Kier alpha value is -2.28. The molecule has 0 radical (unpaired) electrons. The molecule has 0 N–H and O–H groups in total. The first kappa shape index (κ1) is 17.1. The lowest BCUT2D eigenvalue weighted by atomic mass is 10.1. The molecule has 4 nitrogen and oxygen atoms in total. The Morgan fingerprint density at radius 3 is 2.13 bits per heavy atom. The number of alkyl halides is 2. The molecule has 0 saturated heterocycles. The van der Waals surface area contributed by atoms with Crippen molar-refractivity contribution in [2.75, 3.05) is 0 Å². The fourth-order valence-corrected chi connectivity index (χ4v) is 2.55. The largest absolute Gasteiger partial charge is 0.423 e. The van der Waals surface area contributed by atoms with Crippen molar-refractivity contribution in [3.05, 3.63) is 59.2 Å². The van der Waals surface area contributed by atoms with Gasteiger partial charge in [0.05, 0.1) is 10.5 Å². The van der Waals surface area contributed by atoms with Crippen LogP contribution in [-0.4, -0.2) is 20.1 Å². The lowest BCUT2D eigenvalue weighted by molar-refractivity contribution is 0.0734. The molecular formula is C16H14F2O4S. The second kappa shape index (κ2) is 6.45. The van der Waals surface area contributed by atoms with E-state index in [2.05, 4.69) is 0 Å². The van der Waals surface area contributed by atoms with Gasteiger partial charge in [-0.15, -0.1) is 0 Å². The van der Waals surface area contributed by atoms with E-state index in [4.69, 9.17) is 4.74 Å². The Bertz CT molecular complexity index is 828. The maximum atomic E-state index is 12.4. The van der Waals surface area contributed by atoms with Gasteiger partial charge in [-0.25, -0.2) is 13.2 Å². The Morgan fingerprint density at radius 1 is 1.00 bits per heavy atom. The van der Waals surface area contributed by atoms with Gasteiger partial charge in [0.2, 0.25) is 9.84 Å². The number of benzene rings is 2. The Kier molecular flexibility index (Phi) is 4.79. The second-order valence-corrected chi connectivity index (χ2v) is 6.88. The van der Waals surface area contributed by atoms with Gasteiger partial charge >= 0.3 is 11.7 Å². The van der Waals surface area contributed by atoms with Gasteiger partial charge in [-0.1, -0.05) is 6.07 Å². The Labute approximate surface area is 132 Å². The normalized spacial score (nSPS) is 11.5. The summed E-state index contributed by atoms with van der Waals surface area (Å²) in [6.45, 7) is 3.79. The SMILES string of the molecule is Cc1ccc(OC(=O)c2ccc(S(=O)(=O)C(F)F)cc2)cc1C. The highest BCUT2D eigenvalue weighted by Crippen LogP contribution is 2.20. The molecule has 0 amide bonds. The molecule has 0 unspecified atom stereocenters. The summed E-state index contributed by atoms with van der Waals surface area (Å²) in [5.74, 6) is -3.85. The molecule has 0 spiro atoms. The number of hydrogen-bond acceptors (Lipinski definition) is 4. The molecular weight excluding hydrogens is 326 g/mol. The molecule has 0 aliphatic rings. The van der Waals surface area contributed by atoms with E-state index in [1.807, 2.05) is 13.8 Å². The zero-order valence-electron chi connectivity index (χ0n) is 12.4. The topological polar surface area (TPSA) is 60.4 Å². The smallest absolute Gasteiger partial charge is 0.343 e. The van der Waals surface area contributed by atoms with Crippen molar-refractivity contribution in [1.82, 2.24) is 0 Å². The number of hydrogen-bond donors (Lipinski definition) is 0.